The summed E-state index contributed by atoms with van der Waals surface area (Å²) in [5.74, 6) is -1.97. The third kappa shape index (κ3) is 2.79. The molecule has 1 N–H and O–H groups in total. The molecule has 20 heavy (non-hydrogen) atoms. The van der Waals surface area contributed by atoms with Gasteiger partial charge < -0.3 is 14.7 Å². The molecule has 1 unspecified atom stereocenters. The molecular formula is C12H15NO6S. The van der Waals surface area contributed by atoms with Gasteiger partial charge in [-0.25, -0.2) is 0 Å². The van der Waals surface area contributed by atoms with Crippen molar-refractivity contribution in [3.05, 3.63) is 0 Å². The number of thioether (sulfide) groups is 1. The van der Waals surface area contributed by atoms with Gasteiger partial charge in [-0.05, 0) is 6.92 Å². The normalized spacial score (nSPS) is 28.4. The molecule has 0 aromatic heterocycles. The maximum atomic E-state index is 11.5. The van der Waals surface area contributed by atoms with Crippen LogP contribution in [0, 0.1) is 5.41 Å². The van der Waals surface area contributed by atoms with E-state index >= 15 is 0 Å². The summed E-state index contributed by atoms with van der Waals surface area (Å²) in [6, 6.07) is 0. The van der Waals surface area contributed by atoms with Crippen molar-refractivity contribution in [2.75, 3.05) is 18.9 Å². The first-order valence-electron chi connectivity index (χ1n) is 6.13. The second-order valence-corrected chi connectivity index (χ2v) is 6.28. The van der Waals surface area contributed by atoms with Gasteiger partial charge in [0, 0.05) is 12.3 Å². The van der Waals surface area contributed by atoms with E-state index in [9.17, 15) is 24.3 Å². The van der Waals surface area contributed by atoms with E-state index in [4.69, 9.17) is 4.74 Å². The first kappa shape index (κ1) is 14.8. The Morgan fingerprint density at radius 1 is 1.50 bits per heavy atom. The zero-order valence-electron chi connectivity index (χ0n) is 11.0. The quantitative estimate of drug-likeness (QED) is 0.429. The van der Waals surface area contributed by atoms with Gasteiger partial charge >= 0.3 is 11.9 Å². The fourth-order valence-corrected chi connectivity index (χ4v) is 3.58. The summed E-state index contributed by atoms with van der Waals surface area (Å²) in [7, 11) is 0. The molecule has 0 aliphatic carbocycles. The molecule has 8 heteroatoms. The van der Waals surface area contributed by atoms with E-state index in [1.165, 1.54) is 23.6 Å². The molecule has 2 aliphatic rings. The van der Waals surface area contributed by atoms with Crippen LogP contribution in [0.25, 0.3) is 0 Å². The lowest BCUT2D eigenvalue weighted by molar-refractivity contribution is -0.163. The van der Waals surface area contributed by atoms with Crippen molar-refractivity contribution in [1.29, 1.82) is 0 Å². The largest absolute Gasteiger partial charge is 0.481 e. The van der Waals surface area contributed by atoms with Gasteiger partial charge in [-0.2, -0.15) is 0 Å². The molecule has 0 bridgehead atoms. The van der Waals surface area contributed by atoms with Crippen molar-refractivity contribution < 1.29 is 29.0 Å². The Hall–Kier alpha value is -1.57. The molecule has 0 spiro atoms. The van der Waals surface area contributed by atoms with Crippen LogP contribution in [-0.2, 0) is 23.9 Å². The summed E-state index contributed by atoms with van der Waals surface area (Å²) in [6.07, 6.45) is 0.0681. The Morgan fingerprint density at radius 2 is 2.20 bits per heavy atom. The van der Waals surface area contributed by atoms with Crippen molar-refractivity contribution in [2.45, 2.75) is 25.1 Å². The highest BCUT2D eigenvalue weighted by molar-refractivity contribution is 8.00. The highest BCUT2D eigenvalue weighted by Gasteiger charge is 2.52. The number of carboxylic acids is 1. The minimum absolute atomic E-state index is 0.0443. The van der Waals surface area contributed by atoms with E-state index < -0.39 is 17.4 Å². The SMILES string of the molecule is CC(=O)CC(=O)OCC1(C(=O)O)CS[C@@H]2CC(=O)N2C1. The van der Waals surface area contributed by atoms with Crippen LogP contribution < -0.4 is 0 Å². The Balaban J connectivity index is 1.99. The van der Waals surface area contributed by atoms with E-state index in [1.54, 1.807) is 0 Å². The number of carbonyl (C=O) groups excluding carboxylic acids is 3. The van der Waals surface area contributed by atoms with E-state index in [2.05, 4.69) is 0 Å². The fourth-order valence-electron chi connectivity index (χ4n) is 2.14. The number of ketones is 1. The van der Waals surface area contributed by atoms with E-state index in [1.807, 2.05) is 0 Å². The maximum Gasteiger partial charge on any atom is 0.315 e. The molecule has 2 fully saturated rings. The standard InChI is InChI=1S/C12H15NO6S/c1-7(14)2-10(16)19-5-12(11(17)18)4-13-8(15)3-9(13)20-6-12/h9H,2-6H2,1H3,(H,17,18)/t9-,12?/m1/s1. The number of rotatable bonds is 5. The van der Waals surface area contributed by atoms with Crippen LogP contribution in [0.3, 0.4) is 0 Å². The zero-order valence-corrected chi connectivity index (χ0v) is 11.8. The number of carboxylic acid groups (broad SMARTS) is 1. The summed E-state index contributed by atoms with van der Waals surface area (Å²) in [4.78, 5) is 46.6. The molecule has 2 heterocycles. The number of esters is 1. The molecule has 7 nitrogen and oxygen atoms in total. The van der Waals surface area contributed by atoms with Gasteiger partial charge in [0.1, 0.15) is 24.2 Å². The van der Waals surface area contributed by atoms with Crippen molar-refractivity contribution >= 4 is 35.4 Å². The van der Waals surface area contributed by atoms with Crippen LogP contribution in [0.15, 0.2) is 0 Å². The molecule has 0 aromatic carbocycles. The maximum absolute atomic E-state index is 11.5. The summed E-state index contributed by atoms with van der Waals surface area (Å²) in [5.41, 5.74) is -1.29. The molecule has 2 rings (SSSR count). The Labute approximate surface area is 119 Å². The van der Waals surface area contributed by atoms with E-state index in [0.717, 1.165) is 0 Å². The van der Waals surface area contributed by atoms with Gasteiger partial charge in [-0.3, -0.25) is 19.2 Å². The van der Waals surface area contributed by atoms with Crippen LogP contribution >= 0.6 is 11.8 Å². The van der Waals surface area contributed by atoms with Crippen molar-refractivity contribution in [1.82, 2.24) is 4.90 Å². The Morgan fingerprint density at radius 3 is 2.75 bits per heavy atom. The van der Waals surface area contributed by atoms with Crippen LogP contribution in [0.4, 0.5) is 0 Å². The van der Waals surface area contributed by atoms with E-state index in [-0.39, 0.29) is 42.4 Å². The number of hydrogen-bond acceptors (Lipinski definition) is 6. The van der Waals surface area contributed by atoms with Gasteiger partial charge in [0.05, 0.1) is 11.8 Å². The molecule has 2 aliphatic heterocycles. The molecule has 0 saturated carbocycles. The minimum Gasteiger partial charge on any atom is -0.481 e. The van der Waals surface area contributed by atoms with Crippen molar-refractivity contribution in [3.63, 3.8) is 0 Å². The first-order chi connectivity index (χ1) is 9.34. The van der Waals surface area contributed by atoms with Crippen LogP contribution in [0.1, 0.15) is 19.8 Å². The predicted octanol–water partition coefficient (Wildman–Crippen LogP) is -0.115. The number of fused-ring (bicyclic) bond motifs is 1. The van der Waals surface area contributed by atoms with Gasteiger partial charge in [-0.1, -0.05) is 0 Å². The number of ether oxygens (including phenoxy) is 1. The number of carbonyl (C=O) groups is 4. The fraction of sp³-hybridized carbons (Fsp3) is 0.667. The number of Topliss-reactive ketones (excluding diaryl/α,β-unsaturated/α-hetero) is 1. The molecule has 2 atom stereocenters. The van der Waals surface area contributed by atoms with Gasteiger partial charge in [0.15, 0.2) is 0 Å². The number of β-lactam (4-membered cyclic amide) rings is 1. The van der Waals surface area contributed by atoms with Crippen LogP contribution in [0.2, 0.25) is 0 Å². The number of nitrogens with zero attached hydrogens (tertiary/aromatic N) is 1. The summed E-state index contributed by atoms with van der Waals surface area (Å²) >= 11 is 1.38. The average Bonchev–Trinajstić information content (AvgIpc) is 2.35. The van der Waals surface area contributed by atoms with Gasteiger partial charge in [0.25, 0.3) is 0 Å². The lowest BCUT2D eigenvalue weighted by atomic mass is 9.89. The first-order valence-corrected chi connectivity index (χ1v) is 7.18. The minimum atomic E-state index is -1.29. The molecule has 1 amide bonds. The Kier molecular flexibility index (Phi) is 4.03. The third-order valence-electron chi connectivity index (χ3n) is 3.40. The topological polar surface area (TPSA) is 101 Å². The lowest BCUT2D eigenvalue weighted by Gasteiger charge is -2.49. The lowest BCUT2D eigenvalue weighted by Crippen LogP contribution is -2.62. The second-order valence-electron chi connectivity index (χ2n) is 5.12. The summed E-state index contributed by atoms with van der Waals surface area (Å²) < 4.78 is 4.91. The number of aliphatic carboxylic acids is 1. The second kappa shape index (κ2) is 5.43. The van der Waals surface area contributed by atoms with Gasteiger partial charge in [-0.15, -0.1) is 11.8 Å². The molecular weight excluding hydrogens is 286 g/mol. The number of amides is 1. The average molecular weight is 301 g/mol. The van der Waals surface area contributed by atoms with Crippen molar-refractivity contribution in [3.8, 4) is 0 Å². The number of hydrogen-bond donors (Lipinski definition) is 1. The predicted molar refractivity (Wildman–Crippen MR) is 68.9 cm³/mol. The zero-order chi connectivity index (χ0) is 14.9. The van der Waals surface area contributed by atoms with E-state index in [0.29, 0.717) is 6.42 Å². The molecule has 0 radical (unpaired) electrons. The summed E-state index contributed by atoms with van der Waals surface area (Å²) in [6.45, 7) is 0.984. The van der Waals surface area contributed by atoms with Crippen LogP contribution in [-0.4, -0.2) is 57.9 Å². The highest BCUT2D eigenvalue weighted by atomic mass is 32.2. The molecule has 2 saturated heterocycles. The Bertz CT molecular complexity index is 479. The van der Waals surface area contributed by atoms with Crippen molar-refractivity contribution in [2.24, 2.45) is 5.41 Å². The molecule has 110 valence electrons. The summed E-state index contributed by atoms with van der Waals surface area (Å²) in [5, 5.41) is 9.43. The highest BCUT2D eigenvalue weighted by Crippen LogP contribution is 2.42. The van der Waals surface area contributed by atoms with Gasteiger partial charge in [0.2, 0.25) is 5.91 Å². The smallest absolute Gasteiger partial charge is 0.315 e. The molecule has 0 aromatic rings. The third-order valence-corrected chi connectivity index (χ3v) is 4.92. The van der Waals surface area contributed by atoms with Crippen LogP contribution in [0.5, 0.6) is 0 Å². The monoisotopic (exact) mass is 301 g/mol.